The lowest BCUT2D eigenvalue weighted by atomic mass is 10.1. The number of anilines is 2. The number of hydrogen-bond acceptors (Lipinski definition) is 4. The first-order chi connectivity index (χ1) is 7.08. The molecule has 5 heteroatoms. The van der Waals surface area contributed by atoms with E-state index in [1.54, 1.807) is 0 Å². The van der Waals surface area contributed by atoms with Crippen LogP contribution in [0.5, 0.6) is 5.75 Å². The van der Waals surface area contributed by atoms with Crippen LogP contribution in [0, 0.1) is 0 Å². The van der Waals surface area contributed by atoms with E-state index in [1.165, 1.54) is 12.1 Å². The van der Waals surface area contributed by atoms with Gasteiger partial charge in [-0.05, 0) is 25.0 Å². The number of benzene rings is 1. The molecule has 1 fully saturated rings. The third-order valence-electron chi connectivity index (χ3n) is 2.34. The number of rotatable bonds is 2. The molecule has 0 spiro atoms. The number of carbonyl (C=O) groups is 1. The molecule has 0 unspecified atom stereocenters. The first-order valence-electron chi connectivity index (χ1n) is 4.76. The molecular formula is C10H13N3O2. The number of carbonyl (C=O) groups excluding carboxylic acids is 1. The summed E-state index contributed by atoms with van der Waals surface area (Å²) in [7, 11) is 0. The van der Waals surface area contributed by atoms with Crippen molar-refractivity contribution in [3.05, 3.63) is 17.7 Å². The Bertz CT molecular complexity index is 390. The van der Waals surface area contributed by atoms with E-state index in [2.05, 4.69) is 5.32 Å². The minimum Gasteiger partial charge on any atom is -0.504 e. The molecule has 0 bridgehead atoms. The van der Waals surface area contributed by atoms with Gasteiger partial charge >= 0.3 is 0 Å². The predicted octanol–water partition coefficient (Wildman–Crippen LogP) is 0.449. The van der Waals surface area contributed by atoms with Crippen LogP contribution in [0.1, 0.15) is 23.2 Å². The van der Waals surface area contributed by atoms with Gasteiger partial charge in [-0.1, -0.05) is 0 Å². The highest BCUT2D eigenvalue weighted by atomic mass is 16.3. The number of nitrogen functional groups attached to an aromatic ring is 2. The summed E-state index contributed by atoms with van der Waals surface area (Å²) in [6.07, 6.45) is 2.05. The Balaban J connectivity index is 2.23. The van der Waals surface area contributed by atoms with Gasteiger partial charge in [0.25, 0.3) is 5.91 Å². The maximum Gasteiger partial charge on any atom is 0.251 e. The maximum absolute atomic E-state index is 11.6. The van der Waals surface area contributed by atoms with E-state index in [1.807, 2.05) is 0 Å². The second-order valence-corrected chi connectivity index (χ2v) is 3.75. The number of nitrogens with one attached hydrogen (secondary N) is 1. The molecular weight excluding hydrogens is 194 g/mol. The molecule has 1 aliphatic rings. The van der Waals surface area contributed by atoms with Crippen LogP contribution in [0.25, 0.3) is 0 Å². The van der Waals surface area contributed by atoms with Gasteiger partial charge in [0, 0.05) is 11.6 Å². The van der Waals surface area contributed by atoms with Crippen molar-refractivity contribution in [3.8, 4) is 5.75 Å². The lowest BCUT2D eigenvalue weighted by Crippen LogP contribution is -2.25. The topological polar surface area (TPSA) is 101 Å². The fourth-order valence-electron chi connectivity index (χ4n) is 1.31. The minimum atomic E-state index is -0.198. The van der Waals surface area contributed by atoms with Crippen LogP contribution in [-0.4, -0.2) is 17.1 Å². The zero-order chi connectivity index (χ0) is 11.0. The predicted molar refractivity (Wildman–Crippen MR) is 57.4 cm³/mol. The minimum absolute atomic E-state index is 0.121. The van der Waals surface area contributed by atoms with Gasteiger partial charge in [-0.15, -0.1) is 0 Å². The van der Waals surface area contributed by atoms with Gasteiger partial charge in [0.15, 0.2) is 5.75 Å². The van der Waals surface area contributed by atoms with Gasteiger partial charge < -0.3 is 21.9 Å². The third-order valence-corrected chi connectivity index (χ3v) is 2.34. The van der Waals surface area contributed by atoms with E-state index >= 15 is 0 Å². The quantitative estimate of drug-likeness (QED) is 0.417. The average molecular weight is 207 g/mol. The van der Waals surface area contributed by atoms with Crippen molar-refractivity contribution in [2.45, 2.75) is 18.9 Å². The number of nitrogens with two attached hydrogens (primary N) is 2. The fourth-order valence-corrected chi connectivity index (χ4v) is 1.31. The lowest BCUT2D eigenvalue weighted by molar-refractivity contribution is 0.0951. The molecule has 0 saturated heterocycles. The van der Waals surface area contributed by atoms with Crippen LogP contribution in [0.3, 0.4) is 0 Å². The van der Waals surface area contributed by atoms with Gasteiger partial charge in [-0.2, -0.15) is 0 Å². The Hall–Kier alpha value is -1.91. The molecule has 1 aliphatic carbocycles. The Kier molecular flexibility index (Phi) is 2.15. The van der Waals surface area contributed by atoms with Crippen LogP contribution in [0.2, 0.25) is 0 Å². The molecule has 1 amide bonds. The number of phenols is 1. The maximum atomic E-state index is 11.6. The van der Waals surface area contributed by atoms with E-state index in [0.29, 0.717) is 5.56 Å². The van der Waals surface area contributed by atoms with Crippen molar-refractivity contribution in [1.29, 1.82) is 0 Å². The summed E-state index contributed by atoms with van der Waals surface area (Å²) in [6, 6.07) is 3.13. The van der Waals surface area contributed by atoms with Gasteiger partial charge in [0.1, 0.15) is 0 Å². The summed E-state index contributed by atoms with van der Waals surface area (Å²) >= 11 is 0. The molecule has 2 rings (SSSR count). The molecule has 1 aromatic rings. The first-order valence-corrected chi connectivity index (χ1v) is 4.76. The van der Waals surface area contributed by atoms with Crippen molar-refractivity contribution in [2.75, 3.05) is 11.5 Å². The zero-order valence-electron chi connectivity index (χ0n) is 8.16. The van der Waals surface area contributed by atoms with Crippen molar-refractivity contribution < 1.29 is 9.90 Å². The van der Waals surface area contributed by atoms with E-state index < -0.39 is 0 Å². The summed E-state index contributed by atoms with van der Waals surface area (Å²) in [5, 5.41) is 12.1. The van der Waals surface area contributed by atoms with Crippen molar-refractivity contribution in [2.24, 2.45) is 0 Å². The molecule has 0 heterocycles. The molecule has 15 heavy (non-hydrogen) atoms. The Morgan fingerprint density at radius 1 is 1.33 bits per heavy atom. The van der Waals surface area contributed by atoms with Gasteiger partial charge in [-0.3, -0.25) is 4.79 Å². The lowest BCUT2D eigenvalue weighted by Gasteiger charge is -2.07. The standard InChI is InChI=1S/C10H13N3O2/c11-7-3-5(4-8(12)9(7)14)10(15)13-6-1-2-6/h3-4,6,14H,1-2,11-12H2,(H,13,15). The molecule has 1 saturated carbocycles. The summed E-state index contributed by atoms with van der Waals surface area (Å²) < 4.78 is 0. The van der Waals surface area contributed by atoms with Gasteiger partial charge in [0.05, 0.1) is 11.4 Å². The number of phenolic OH excluding ortho intramolecular Hbond substituents is 1. The normalized spacial score (nSPS) is 14.9. The van der Waals surface area contributed by atoms with Gasteiger partial charge in [0.2, 0.25) is 0 Å². The third kappa shape index (κ3) is 1.96. The summed E-state index contributed by atoms with van der Waals surface area (Å²) in [4.78, 5) is 11.6. The SMILES string of the molecule is Nc1cc(C(=O)NC2CC2)cc(N)c1O. The zero-order valence-corrected chi connectivity index (χ0v) is 8.16. The van der Waals surface area contributed by atoms with Gasteiger partial charge in [-0.25, -0.2) is 0 Å². The smallest absolute Gasteiger partial charge is 0.251 e. The summed E-state index contributed by atoms with van der Waals surface area (Å²) in [5.41, 5.74) is 11.6. The number of amides is 1. The van der Waals surface area contributed by atoms with Crippen LogP contribution in [0.15, 0.2) is 12.1 Å². The largest absolute Gasteiger partial charge is 0.504 e. The number of hydrogen-bond donors (Lipinski definition) is 4. The van der Waals surface area contributed by atoms with E-state index in [-0.39, 0.29) is 29.1 Å². The molecule has 1 aromatic carbocycles. The fraction of sp³-hybridized carbons (Fsp3) is 0.300. The molecule has 0 aliphatic heterocycles. The van der Waals surface area contributed by atoms with Crippen LogP contribution in [-0.2, 0) is 0 Å². The van der Waals surface area contributed by atoms with Crippen LogP contribution in [0.4, 0.5) is 11.4 Å². The van der Waals surface area contributed by atoms with Crippen LogP contribution >= 0.6 is 0 Å². The molecule has 0 atom stereocenters. The molecule has 6 N–H and O–H groups in total. The highest BCUT2D eigenvalue weighted by Gasteiger charge is 2.24. The monoisotopic (exact) mass is 207 g/mol. The van der Waals surface area contributed by atoms with Crippen molar-refractivity contribution in [3.63, 3.8) is 0 Å². The highest BCUT2D eigenvalue weighted by molar-refractivity contribution is 5.97. The second-order valence-electron chi connectivity index (χ2n) is 3.75. The summed E-state index contributed by atoms with van der Waals surface area (Å²) in [6.45, 7) is 0. The Morgan fingerprint density at radius 3 is 2.33 bits per heavy atom. The average Bonchev–Trinajstić information content (AvgIpc) is 2.97. The molecule has 0 radical (unpaired) electrons. The Labute approximate surface area is 87.1 Å². The van der Waals surface area contributed by atoms with E-state index in [0.717, 1.165) is 12.8 Å². The van der Waals surface area contributed by atoms with Crippen molar-refractivity contribution in [1.82, 2.24) is 5.32 Å². The van der Waals surface area contributed by atoms with Crippen molar-refractivity contribution >= 4 is 17.3 Å². The summed E-state index contributed by atoms with van der Waals surface area (Å²) in [5.74, 6) is -0.367. The Morgan fingerprint density at radius 2 is 1.87 bits per heavy atom. The van der Waals surface area contributed by atoms with E-state index in [4.69, 9.17) is 11.5 Å². The first kappa shape index (κ1) is 9.64. The number of aromatic hydroxyl groups is 1. The highest BCUT2D eigenvalue weighted by Crippen LogP contribution is 2.29. The second kappa shape index (κ2) is 3.34. The van der Waals surface area contributed by atoms with E-state index in [9.17, 15) is 9.90 Å². The molecule has 80 valence electrons. The molecule has 5 nitrogen and oxygen atoms in total. The molecule has 0 aromatic heterocycles. The van der Waals surface area contributed by atoms with Crippen LogP contribution < -0.4 is 16.8 Å².